The lowest BCUT2D eigenvalue weighted by Crippen LogP contribution is -2.40. The second-order valence-corrected chi connectivity index (χ2v) is 6.59. The van der Waals surface area contributed by atoms with Crippen LogP contribution < -0.4 is 10.6 Å². The first-order valence-electron chi connectivity index (χ1n) is 7.00. The molecule has 0 unspecified atom stereocenters. The summed E-state index contributed by atoms with van der Waals surface area (Å²) in [7, 11) is 0. The largest absolute Gasteiger partial charge is 0.347 e. The molecule has 20 heavy (non-hydrogen) atoms. The van der Waals surface area contributed by atoms with E-state index in [1.165, 1.54) is 0 Å². The van der Waals surface area contributed by atoms with Crippen LogP contribution in [0.4, 0.5) is 5.69 Å². The Kier molecular flexibility index (Phi) is 3.84. The molecule has 2 amide bonds. The van der Waals surface area contributed by atoms with E-state index in [0.29, 0.717) is 11.5 Å². The molecule has 0 saturated heterocycles. The normalized spacial score (nSPS) is 21.2. The second kappa shape index (κ2) is 5.27. The fourth-order valence-corrected chi connectivity index (χ4v) is 2.04. The molecule has 0 aromatic heterocycles. The zero-order chi connectivity index (χ0) is 14.9. The van der Waals surface area contributed by atoms with E-state index in [1.54, 1.807) is 24.3 Å². The van der Waals surface area contributed by atoms with E-state index < -0.39 is 0 Å². The number of nitrogens with one attached hydrogen (secondary N) is 2. The molecule has 2 rings (SSSR count). The van der Waals surface area contributed by atoms with Crippen molar-refractivity contribution in [1.29, 1.82) is 0 Å². The summed E-state index contributed by atoms with van der Waals surface area (Å²) < 4.78 is 0. The average molecular weight is 274 g/mol. The molecule has 1 aromatic carbocycles. The van der Waals surface area contributed by atoms with Crippen LogP contribution in [-0.2, 0) is 4.79 Å². The fourth-order valence-electron chi connectivity index (χ4n) is 2.04. The van der Waals surface area contributed by atoms with Crippen molar-refractivity contribution in [2.75, 3.05) is 5.32 Å². The van der Waals surface area contributed by atoms with E-state index in [-0.39, 0.29) is 23.3 Å². The van der Waals surface area contributed by atoms with Gasteiger partial charge < -0.3 is 10.6 Å². The van der Waals surface area contributed by atoms with Crippen molar-refractivity contribution in [3.8, 4) is 0 Å². The highest BCUT2D eigenvalue weighted by atomic mass is 16.2. The number of amides is 2. The summed E-state index contributed by atoms with van der Waals surface area (Å²) in [4.78, 5) is 23.8. The van der Waals surface area contributed by atoms with Crippen LogP contribution in [0.25, 0.3) is 0 Å². The minimum Gasteiger partial charge on any atom is -0.347 e. The molecule has 1 aromatic rings. The lowest BCUT2D eigenvalue weighted by molar-refractivity contribution is -0.117. The maximum absolute atomic E-state index is 12.0. The highest BCUT2D eigenvalue weighted by Gasteiger charge is 2.39. The Morgan fingerprint density at radius 2 is 1.70 bits per heavy atom. The molecule has 1 saturated carbocycles. The van der Waals surface area contributed by atoms with Gasteiger partial charge in [-0.15, -0.1) is 0 Å². The predicted octanol–water partition coefficient (Wildman–Crippen LogP) is 2.81. The first kappa shape index (κ1) is 14.6. The van der Waals surface area contributed by atoms with Gasteiger partial charge in [0.25, 0.3) is 5.91 Å². The van der Waals surface area contributed by atoms with Crippen LogP contribution in [-0.4, -0.2) is 17.4 Å². The Morgan fingerprint density at radius 3 is 2.15 bits per heavy atom. The standard InChI is InChI=1S/C16H22N2O2/c1-10-9-13(10)15(20)17-12-7-5-11(6-8-12)14(19)18-16(2,3)4/h5-8,10,13H,9H2,1-4H3,(H,17,20)(H,18,19)/t10-,13-/m1/s1. The summed E-state index contributed by atoms with van der Waals surface area (Å²) >= 11 is 0. The summed E-state index contributed by atoms with van der Waals surface area (Å²) in [5.41, 5.74) is 1.07. The van der Waals surface area contributed by atoms with Gasteiger partial charge in [-0.1, -0.05) is 6.92 Å². The van der Waals surface area contributed by atoms with Crippen LogP contribution in [0, 0.1) is 11.8 Å². The molecule has 108 valence electrons. The first-order valence-corrected chi connectivity index (χ1v) is 7.00. The molecule has 0 bridgehead atoms. The zero-order valence-corrected chi connectivity index (χ0v) is 12.5. The minimum absolute atomic E-state index is 0.0735. The van der Waals surface area contributed by atoms with Crippen LogP contribution in [0.3, 0.4) is 0 Å². The Labute approximate surface area is 119 Å². The van der Waals surface area contributed by atoms with Crippen molar-refractivity contribution < 1.29 is 9.59 Å². The summed E-state index contributed by atoms with van der Waals surface area (Å²) in [6, 6.07) is 6.99. The molecule has 1 fully saturated rings. The van der Waals surface area contributed by atoms with Gasteiger partial charge in [-0.25, -0.2) is 0 Å². The SMILES string of the molecule is C[C@@H]1C[C@H]1C(=O)Nc1ccc(C(=O)NC(C)(C)C)cc1. The van der Waals surface area contributed by atoms with Crippen LogP contribution >= 0.6 is 0 Å². The van der Waals surface area contributed by atoms with Crippen molar-refractivity contribution in [2.45, 2.75) is 39.7 Å². The van der Waals surface area contributed by atoms with Crippen LogP contribution in [0.15, 0.2) is 24.3 Å². The number of hydrogen-bond donors (Lipinski definition) is 2. The van der Waals surface area contributed by atoms with Crippen LogP contribution in [0.1, 0.15) is 44.5 Å². The summed E-state index contributed by atoms with van der Waals surface area (Å²) in [5.74, 6) is 0.612. The van der Waals surface area contributed by atoms with E-state index >= 15 is 0 Å². The third-order valence-corrected chi connectivity index (χ3v) is 3.35. The fraction of sp³-hybridized carbons (Fsp3) is 0.500. The lowest BCUT2D eigenvalue weighted by atomic mass is 10.1. The number of benzene rings is 1. The average Bonchev–Trinajstić information content (AvgIpc) is 3.05. The molecule has 2 atom stereocenters. The third kappa shape index (κ3) is 3.83. The highest BCUT2D eigenvalue weighted by molar-refractivity contribution is 5.97. The molecular formula is C16H22N2O2. The van der Waals surface area contributed by atoms with Gasteiger partial charge in [0.15, 0.2) is 0 Å². The molecule has 0 aliphatic heterocycles. The number of anilines is 1. The summed E-state index contributed by atoms with van der Waals surface area (Å²) in [5, 5.41) is 5.78. The number of rotatable bonds is 3. The summed E-state index contributed by atoms with van der Waals surface area (Å²) in [6.07, 6.45) is 0.970. The lowest BCUT2D eigenvalue weighted by Gasteiger charge is -2.20. The van der Waals surface area contributed by atoms with E-state index in [0.717, 1.165) is 12.1 Å². The highest BCUT2D eigenvalue weighted by Crippen LogP contribution is 2.38. The molecule has 0 heterocycles. The van der Waals surface area contributed by atoms with Gasteiger partial charge in [0, 0.05) is 22.7 Å². The molecule has 4 heteroatoms. The minimum atomic E-state index is -0.258. The molecule has 1 aliphatic carbocycles. The zero-order valence-electron chi connectivity index (χ0n) is 12.5. The Morgan fingerprint density at radius 1 is 1.15 bits per heavy atom. The first-order chi connectivity index (χ1) is 9.26. The molecule has 2 N–H and O–H groups in total. The number of carbonyl (C=O) groups is 2. The molecular weight excluding hydrogens is 252 g/mol. The van der Waals surface area contributed by atoms with Gasteiger partial charge in [0.2, 0.25) is 5.91 Å². The summed E-state index contributed by atoms with van der Waals surface area (Å²) in [6.45, 7) is 7.90. The van der Waals surface area contributed by atoms with E-state index in [9.17, 15) is 9.59 Å². The maximum atomic E-state index is 12.0. The third-order valence-electron chi connectivity index (χ3n) is 3.35. The second-order valence-electron chi connectivity index (χ2n) is 6.59. The van der Waals surface area contributed by atoms with E-state index in [2.05, 4.69) is 17.6 Å². The van der Waals surface area contributed by atoms with Crippen molar-refractivity contribution in [2.24, 2.45) is 11.8 Å². The van der Waals surface area contributed by atoms with E-state index in [1.807, 2.05) is 20.8 Å². The molecule has 4 nitrogen and oxygen atoms in total. The predicted molar refractivity (Wildman–Crippen MR) is 79.6 cm³/mol. The van der Waals surface area contributed by atoms with Crippen LogP contribution in [0.5, 0.6) is 0 Å². The topological polar surface area (TPSA) is 58.2 Å². The molecule has 0 spiro atoms. The van der Waals surface area contributed by atoms with Gasteiger partial charge >= 0.3 is 0 Å². The van der Waals surface area contributed by atoms with Crippen LogP contribution in [0.2, 0.25) is 0 Å². The number of carbonyl (C=O) groups excluding carboxylic acids is 2. The molecule has 1 aliphatic rings. The van der Waals surface area contributed by atoms with Crippen molar-refractivity contribution in [1.82, 2.24) is 5.32 Å². The Balaban J connectivity index is 1.96. The quantitative estimate of drug-likeness (QED) is 0.890. The number of hydrogen-bond acceptors (Lipinski definition) is 2. The van der Waals surface area contributed by atoms with Gasteiger partial charge in [-0.2, -0.15) is 0 Å². The van der Waals surface area contributed by atoms with Gasteiger partial charge in [0.1, 0.15) is 0 Å². The van der Waals surface area contributed by atoms with Gasteiger partial charge in [-0.05, 0) is 57.4 Å². The van der Waals surface area contributed by atoms with Gasteiger partial charge in [0.05, 0.1) is 0 Å². The van der Waals surface area contributed by atoms with Gasteiger partial charge in [-0.3, -0.25) is 9.59 Å². The maximum Gasteiger partial charge on any atom is 0.251 e. The van der Waals surface area contributed by atoms with Crippen molar-refractivity contribution >= 4 is 17.5 Å². The smallest absolute Gasteiger partial charge is 0.251 e. The Bertz CT molecular complexity index is 514. The Hall–Kier alpha value is -1.84. The van der Waals surface area contributed by atoms with Crippen molar-refractivity contribution in [3.05, 3.63) is 29.8 Å². The molecule has 0 radical (unpaired) electrons. The van der Waals surface area contributed by atoms with Crippen molar-refractivity contribution in [3.63, 3.8) is 0 Å². The van der Waals surface area contributed by atoms with E-state index in [4.69, 9.17) is 0 Å². The monoisotopic (exact) mass is 274 g/mol.